The van der Waals surface area contributed by atoms with Crippen LogP contribution in [0, 0.1) is 0 Å². The number of halogens is 2. The van der Waals surface area contributed by atoms with Crippen molar-refractivity contribution >= 4 is 34.7 Å². The molecule has 0 unspecified atom stereocenters. The van der Waals surface area contributed by atoms with Gasteiger partial charge in [0.15, 0.2) is 5.75 Å². The molecule has 5 nitrogen and oxygen atoms in total. The molecule has 0 aromatic heterocycles. The fourth-order valence-corrected chi connectivity index (χ4v) is 2.96. The molecule has 0 bridgehead atoms. The number of benzene rings is 2. The van der Waals surface area contributed by atoms with Gasteiger partial charge in [-0.05, 0) is 11.1 Å². The maximum absolute atomic E-state index is 12.0. The zero-order valence-electron chi connectivity index (χ0n) is 14.5. The van der Waals surface area contributed by atoms with Gasteiger partial charge in [0.2, 0.25) is 0 Å². The molecule has 0 saturated carbocycles. The van der Waals surface area contributed by atoms with Gasteiger partial charge in [0.05, 0.1) is 37.6 Å². The fourth-order valence-electron chi connectivity index (χ4n) is 2.33. The molecular weight excluding hydrogens is 379 g/mol. The van der Waals surface area contributed by atoms with Crippen molar-refractivity contribution in [2.45, 2.75) is 6.61 Å². The van der Waals surface area contributed by atoms with Crippen LogP contribution in [0.1, 0.15) is 11.1 Å². The van der Waals surface area contributed by atoms with Crippen molar-refractivity contribution < 1.29 is 23.7 Å². The summed E-state index contributed by atoms with van der Waals surface area (Å²) in [6.45, 7) is 0.188. The number of carbonyl (C=O) groups is 1. The molecule has 7 heteroatoms. The van der Waals surface area contributed by atoms with Gasteiger partial charge in [-0.3, -0.25) is 0 Å². The molecule has 0 heterocycles. The summed E-state index contributed by atoms with van der Waals surface area (Å²) < 4.78 is 20.7. The van der Waals surface area contributed by atoms with E-state index in [2.05, 4.69) is 0 Å². The predicted molar refractivity (Wildman–Crippen MR) is 101 cm³/mol. The lowest BCUT2D eigenvalue weighted by atomic mass is 10.0. The Morgan fingerprint density at radius 1 is 1.08 bits per heavy atom. The maximum Gasteiger partial charge on any atom is 0.341 e. The Balaban J connectivity index is 2.29. The number of ether oxygens (including phenoxy) is 4. The second-order valence-electron chi connectivity index (χ2n) is 5.12. The first-order chi connectivity index (χ1) is 12.5. The van der Waals surface area contributed by atoms with Gasteiger partial charge in [0.1, 0.15) is 17.9 Å². The van der Waals surface area contributed by atoms with Crippen molar-refractivity contribution in [3.63, 3.8) is 0 Å². The van der Waals surface area contributed by atoms with Gasteiger partial charge in [0, 0.05) is 12.1 Å². The zero-order chi connectivity index (χ0) is 19.1. The Morgan fingerprint density at radius 3 is 2.31 bits per heavy atom. The van der Waals surface area contributed by atoms with Crippen molar-refractivity contribution in [3.8, 4) is 11.5 Å². The number of carbonyl (C=O) groups excluding carboxylic acids is 1. The van der Waals surface area contributed by atoms with Crippen LogP contribution in [-0.2, 0) is 20.9 Å². The van der Waals surface area contributed by atoms with Crippen molar-refractivity contribution in [2.75, 3.05) is 21.3 Å². The Labute approximate surface area is 162 Å². The molecule has 0 aliphatic carbocycles. The van der Waals surface area contributed by atoms with Crippen molar-refractivity contribution in [1.29, 1.82) is 0 Å². The summed E-state index contributed by atoms with van der Waals surface area (Å²) in [4.78, 5) is 12.0. The highest BCUT2D eigenvalue weighted by Crippen LogP contribution is 2.37. The van der Waals surface area contributed by atoms with Crippen LogP contribution in [-0.4, -0.2) is 27.3 Å². The van der Waals surface area contributed by atoms with Gasteiger partial charge >= 0.3 is 5.97 Å². The van der Waals surface area contributed by atoms with E-state index < -0.39 is 5.97 Å². The summed E-state index contributed by atoms with van der Waals surface area (Å²) in [5.74, 6) is 0.359. The quantitative estimate of drug-likeness (QED) is 0.384. The zero-order valence-corrected chi connectivity index (χ0v) is 16.1. The van der Waals surface area contributed by atoms with E-state index in [1.165, 1.54) is 27.6 Å². The van der Waals surface area contributed by atoms with Crippen LogP contribution in [0.3, 0.4) is 0 Å². The fraction of sp³-hybridized carbons (Fsp3) is 0.211. The number of hydrogen-bond donors (Lipinski definition) is 0. The molecule has 0 amide bonds. The number of rotatable bonds is 7. The second-order valence-corrected chi connectivity index (χ2v) is 5.94. The van der Waals surface area contributed by atoms with Crippen molar-refractivity contribution in [2.24, 2.45) is 0 Å². The van der Waals surface area contributed by atoms with E-state index in [0.717, 1.165) is 5.56 Å². The monoisotopic (exact) mass is 396 g/mol. The third kappa shape index (κ3) is 4.62. The average Bonchev–Trinajstić information content (AvgIpc) is 2.64. The lowest BCUT2D eigenvalue weighted by Crippen LogP contribution is -2.08. The number of hydrogen-bond acceptors (Lipinski definition) is 5. The average molecular weight is 397 g/mol. The van der Waals surface area contributed by atoms with E-state index >= 15 is 0 Å². The third-order valence-electron chi connectivity index (χ3n) is 3.52. The lowest BCUT2D eigenvalue weighted by Gasteiger charge is -2.14. The molecule has 0 spiro atoms. The standard InChI is InChI=1S/C19H18Cl2O5/c1-23-11-15(19(22)25-3)14-7-5-4-6-12(14)10-26-13-8-16(20)18(24-2)17(21)9-13/h4-9,11H,10H2,1-3H3/b15-11+. The van der Waals surface area contributed by atoms with E-state index in [4.69, 9.17) is 42.1 Å². The van der Waals surface area contributed by atoms with E-state index in [1.807, 2.05) is 18.2 Å². The third-order valence-corrected chi connectivity index (χ3v) is 4.08. The van der Waals surface area contributed by atoms with E-state index in [0.29, 0.717) is 32.7 Å². The molecule has 2 aromatic carbocycles. The Hall–Kier alpha value is -2.37. The molecule has 0 N–H and O–H groups in total. The minimum Gasteiger partial charge on any atom is -0.503 e. The number of esters is 1. The van der Waals surface area contributed by atoms with Crippen molar-refractivity contribution in [1.82, 2.24) is 0 Å². The maximum atomic E-state index is 12.0. The molecule has 2 aromatic rings. The summed E-state index contributed by atoms with van der Waals surface area (Å²) >= 11 is 12.2. The summed E-state index contributed by atoms with van der Waals surface area (Å²) in [7, 11) is 4.26. The van der Waals surface area contributed by atoms with Gasteiger partial charge in [-0.25, -0.2) is 4.79 Å². The SMILES string of the molecule is CO/C=C(/C(=O)OC)c1ccccc1COc1cc(Cl)c(OC)c(Cl)c1. The van der Waals surface area contributed by atoms with Crippen LogP contribution in [0.25, 0.3) is 5.57 Å². The summed E-state index contributed by atoms with van der Waals surface area (Å²) in [5.41, 5.74) is 1.70. The molecule has 26 heavy (non-hydrogen) atoms. The molecule has 0 fully saturated rings. The summed E-state index contributed by atoms with van der Waals surface area (Å²) in [5, 5.41) is 0.690. The summed E-state index contributed by atoms with van der Waals surface area (Å²) in [6.07, 6.45) is 1.34. The predicted octanol–water partition coefficient (Wildman–Crippen LogP) is 4.74. The van der Waals surface area contributed by atoms with Gasteiger partial charge in [0.25, 0.3) is 0 Å². The van der Waals surface area contributed by atoms with Crippen LogP contribution in [0.4, 0.5) is 0 Å². The van der Waals surface area contributed by atoms with Gasteiger partial charge in [-0.2, -0.15) is 0 Å². The van der Waals surface area contributed by atoms with Gasteiger partial charge in [-0.1, -0.05) is 47.5 Å². The molecule has 0 radical (unpaired) electrons. The van der Waals surface area contributed by atoms with Gasteiger partial charge < -0.3 is 18.9 Å². The summed E-state index contributed by atoms with van der Waals surface area (Å²) in [6, 6.07) is 10.5. The Morgan fingerprint density at radius 2 is 1.73 bits per heavy atom. The highest BCUT2D eigenvalue weighted by atomic mass is 35.5. The minimum absolute atomic E-state index is 0.188. The van der Waals surface area contributed by atoms with E-state index in [1.54, 1.807) is 18.2 Å². The second kappa shape index (κ2) is 9.36. The van der Waals surface area contributed by atoms with Crippen LogP contribution in [0.5, 0.6) is 11.5 Å². The van der Waals surface area contributed by atoms with Crippen LogP contribution in [0.15, 0.2) is 42.7 Å². The van der Waals surface area contributed by atoms with E-state index in [9.17, 15) is 4.79 Å². The molecule has 0 aliphatic heterocycles. The molecule has 138 valence electrons. The smallest absolute Gasteiger partial charge is 0.341 e. The highest BCUT2D eigenvalue weighted by molar-refractivity contribution is 6.37. The number of methoxy groups -OCH3 is 3. The largest absolute Gasteiger partial charge is 0.503 e. The van der Waals surface area contributed by atoms with Crippen LogP contribution in [0.2, 0.25) is 10.0 Å². The first-order valence-electron chi connectivity index (χ1n) is 7.57. The molecule has 2 rings (SSSR count). The first-order valence-corrected chi connectivity index (χ1v) is 8.32. The normalized spacial score (nSPS) is 11.0. The highest BCUT2D eigenvalue weighted by Gasteiger charge is 2.17. The minimum atomic E-state index is -0.505. The van der Waals surface area contributed by atoms with Crippen molar-refractivity contribution in [3.05, 3.63) is 63.8 Å². The molecule has 0 saturated heterocycles. The van der Waals surface area contributed by atoms with E-state index in [-0.39, 0.29) is 6.61 Å². The topological polar surface area (TPSA) is 54.0 Å². The van der Waals surface area contributed by atoms with Gasteiger partial charge in [-0.15, -0.1) is 0 Å². The van der Waals surface area contributed by atoms with Crippen LogP contribution < -0.4 is 9.47 Å². The molecule has 0 atom stereocenters. The lowest BCUT2D eigenvalue weighted by molar-refractivity contribution is -0.133. The Bertz CT molecular complexity index is 794. The van der Waals surface area contributed by atoms with Crippen LogP contribution >= 0.6 is 23.2 Å². The molecule has 0 aliphatic rings. The first kappa shape index (κ1) is 19.9. The Kier molecular flexibility index (Phi) is 7.18. The molecular formula is C19H18Cl2O5.